The zero-order chi connectivity index (χ0) is 63.0. The molecule has 88 heavy (non-hydrogen) atoms. The van der Waals surface area contributed by atoms with Crippen LogP contribution in [-0.4, -0.2) is 144 Å². The van der Waals surface area contributed by atoms with Gasteiger partial charge in [0.05, 0.1) is 48.6 Å². The van der Waals surface area contributed by atoms with E-state index in [1.54, 1.807) is 86.0 Å². The molecule has 3 aliphatic heterocycles. The summed E-state index contributed by atoms with van der Waals surface area (Å²) >= 11 is 0. The number of esters is 1. The van der Waals surface area contributed by atoms with Crippen LogP contribution in [0.1, 0.15) is 109 Å². The molecule has 3 aromatic carbocycles. The first-order chi connectivity index (χ1) is 42.2. The number of cyclic esters (lactones) is 1. The molecule has 5 heterocycles. The van der Waals surface area contributed by atoms with Crippen molar-refractivity contribution in [2.75, 3.05) is 65.4 Å². The van der Waals surface area contributed by atoms with Crippen molar-refractivity contribution in [2.24, 2.45) is 11.7 Å². The van der Waals surface area contributed by atoms with Gasteiger partial charge in [-0.2, -0.15) is 0 Å². The number of likely N-dealkylation sites (N-methyl/N-ethyl adjacent to an activating group) is 1. The fourth-order valence-corrected chi connectivity index (χ4v) is 11.6. The van der Waals surface area contributed by atoms with Crippen molar-refractivity contribution in [1.29, 1.82) is 0 Å². The summed E-state index contributed by atoms with van der Waals surface area (Å²) in [6.45, 7) is 3.87. The molecule has 4 atom stereocenters. The quantitative estimate of drug-likeness (QED) is 0.0196. The molecule has 0 spiro atoms. The van der Waals surface area contributed by atoms with Crippen molar-refractivity contribution in [3.63, 3.8) is 0 Å². The third-order valence-corrected chi connectivity index (χ3v) is 16.5. The number of aryl methyl sites for hydroxylation is 1. The molecule has 7 N–H and O–H groups in total. The van der Waals surface area contributed by atoms with Crippen LogP contribution >= 0.6 is 0 Å². The van der Waals surface area contributed by atoms with Crippen LogP contribution in [0.3, 0.4) is 0 Å². The van der Waals surface area contributed by atoms with E-state index >= 15 is 4.39 Å². The summed E-state index contributed by atoms with van der Waals surface area (Å²) in [4.78, 5) is 140. The van der Waals surface area contributed by atoms with Crippen molar-refractivity contribution >= 4 is 70.0 Å². The molecule has 8 amide bonds. The number of imide groups is 1. The molecule has 1 fully saturated rings. The molecule has 25 heteroatoms. The van der Waals surface area contributed by atoms with Crippen LogP contribution in [0.4, 0.5) is 14.9 Å². The van der Waals surface area contributed by atoms with Gasteiger partial charge in [-0.25, -0.2) is 19.0 Å². The van der Waals surface area contributed by atoms with Gasteiger partial charge in [0.2, 0.25) is 41.4 Å². The first kappa shape index (κ1) is 63.6. The fraction of sp³-hybridized carbons (Fsp3) is 0.444. The molecular formula is C63H74FN11O13. The summed E-state index contributed by atoms with van der Waals surface area (Å²) in [6.07, 6.45) is 2.47. The fourth-order valence-electron chi connectivity index (χ4n) is 11.6. The lowest BCUT2D eigenvalue weighted by molar-refractivity contribution is -0.187. The van der Waals surface area contributed by atoms with Crippen LogP contribution in [0.2, 0.25) is 0 Å². The van der Waals surface area contributed by atoms with Gasteiger partial charge in [0.1, 0.15) is 31.8 Å². The molecule has 1 aliphatic carbocycles. The van der Waals surface area contributed by atoms with E-state index in [1.165, 1.54) is 15.9 Å². The second-order valence-electron chi connectivity index (χ2n) is 22.9. The molecule has 0 saturated carbocycles. The maximum atomic E-state index is 15.3. The molecule has 0 radical (unpaired) electrons. The van der Waals surface area contributed by atoms with Gasteiger partial charge in [0.15, 0.2) is 5.60 Å². The lowest BCUT2D eigenvalue weighted by Crippen LogP contribution is -2.52. The van der Waals surface area contributed by atoms with E-state index in [1.807, 2.05) is 19.0 Å². The number of rotatable bonds is 26. The lowest BCUT2D eigenvalue weighted by atomic mass is 9.82. The highest BCUT2D eigenvalue weighted by molar-refractivity contribution is 6.03. The Morgan fingerprint density at radius 1 is 0.864 bits per heavy atom. The van der Waals surface area contributed by atoms with E-state index in [4.69, 9.17) is 24.9 Å². The SMILES string of the molecule is CC[C@@]1(OCN(CCN(C)C)C(=O)OCc2ccc(NC(=O)CNC(=O)[C@H](Cc3ccccc3)NC(=O)CNC(=O)CNC(=O)CCCCCN3C(=O)CC(C)C3=O)cc2)C(=O)OCc2c1cc1n(c2=O)Cc2c-1nc1cc(F)c(C)c3c1c2[C@@H](N)CC3. The number of benzene rings is 3. The van der Waals surface area contributed by atoms with Gasteiger partial charge in [-0.1, -0.05) is 62.7 Å². The molecule has 24 nitrogen and oxygen atoms in total. The number of carbonyl (C=O) groups excluding carboxylic acids is 9. The summed E-state index contributed by atoms with van der Waals surface area (Å²) in [6, 6.07) is 16.9. The minimum Gasteiger partial charge on any atom is -0.458 e. The van der Waals surface area contributed by atoms with Crippen molar-refractivity contribution in [2.45, 2.75) is 116 Å². The average Bonchev–Trinajstić information content (AvgIpc) is 2.02. The zero-order valence-corrected chi connectivity index (χ0v) is 50.0. The number of unbranched alkanes of at least 4 members (excludes halogenated alkanes) is 2. The normalized spacial score (nSPS) is 17.6. The standard InChI is InChI=1S/C63H74FN11O13/c1-6-63(44-27-49-57-42(32-75(49)60(83)43(44)34-86-61(63)84)55-46(65)21-20-41-37(3)45(64)28-47(71-57)56(41)55)88-35-73(24-23-72(4)5)62(85)87-33-39-16-18-40(19-17-39)69-52(78)31-68-58(81)48(26-38-13-9-7-10-14-38)70-53(79)30-67-51(77)29-66-50(76)15-11-8-12-22-74-54(80)25-36(2)59(74)82/h7,9-10,13-14,16-19,27-28,36,46,48H,6,8,11-12,15,20-26,29-35,65H2,1-5H3,(H,66,76)(H,67,77)(H,68,81)(H,69,78)(H,70,79)/t36?,46-,48-,63-/m0/s1. The van der Waals surface area contributed by atoms with E-state index in [-0.39, 0.29) is 98.6 Å². The zero-order valence-electron chi connectivity index (χ0n) is 50.0. The molecule has 9 rings (SSSR count). The van der Waals surface area contributed by atoms with Crippen molar-refractivity contribution in [3.8, 4) is 11.4 Å². The van der Waals surface area contributed by atoms with Gasteiger partial charge in [0, 0.05) is 79.1 Å². The van der Waals surface area contributed by atoms with Gasteiger partial charge in [-0.15, -0.1) is 0 Å². The van der Waals surface area contributed by atoms with Gasteiger partial charge in [0.25, 0.3) is 5.56 Å². The lowest BCUT2D eigenvalue weighted by Gasteiger charge is -2.37. The Labute approximate surface area is 507 Å². The topological polar surface area (TPSA) is 312 Å². The first-order valence-electron chi connectivity index (χ1n) is 29.6. The predicted octanol–water partition coefficient (Wildman–Crippen LogP) is 3.63. The molecule has 2 aromatic heterocycles. The third kappa shape index (κ3) is 14.2. The summed E-state index contributed by atoms with van der Waals surface area (Å²) in [5.74, 6) is -4.79. The monoisotopic (exact) mass is 1210 g/mol. The number of halogens is 1. The Hall–Kier alpha value is -8.94. The molecule has 4 aliphatic rings. The highest BCUT2D eigenvalue weighted by atomic mass is 19.1. The van der Waals surface area contributed by atoms with E-state index in [2.05, 4.69) is 26.6 Å². The van der Waals surface area contributed by atoms with Crippen molar-refractivity contribution < 1.29 is 61.8 Å². The largest absolute Gasteiger partial charge is 0.458 e. The van der Waals surface area contributed by atoms with Gasteiger partial charge >= 0.3 is 12.1 Å². The smallest absolute Gasteiger partial charge is 0.411 e. The number of aromatic nitrogens is 2. The number of amides is 8. The highest BCUT2D eigenvalue weighted by Crippen LogP contribution is 2.46. The summed E-state index contributed by atoms with van der Waals surface area (Å²) in [7, 11) is 3.65. The Morgan fingerprint density at radius 2 is 1.59 bits per heavy atom. The minimum absolute atomic E-state index is 0.0262. The number of hydrogen-bond acceptors (Lipinski definition) is 16. The number of ether oxygens (including phenoxy) is 3. The van der Waals surface area contributed by atoms with Crippen LogP contribution in [-0.2, 0) is 90.8 Å². The maximum absolute atomic E-state index is 15.3. The number of hydrogen-bond donors (Lipinski definition) is 6. The molecule has 0 bridgehead atoms. The number of fused-ring (bicyclic) bond motifs is 5. The second kappa shape index (κ2) is 27.8. The first-order valence-corrected chi connectivity index (χ1v) is 29.6. The molecule has 1 unspecified atom stereocenters. The number of anilines is 1. The van der Waals surface area contributed by atoms with E-state index < -0.39 is 79.3 Å². The van der Waals surface area contributed by atoms with Crippen LogP contribution in [0, 0.1) is 18.7 Å². The minimum atomic E-state index is -1.82. The van der Waals surface area contributed by atoms with Gasteiger partial charge in [-0.05, 0) is 99.1 Å². The van der Waals surface area contributed by atoms with Crippen LogP contribution < -0.4 is 37.9 Å². The Kier molecular flexibility index (Phi) is 20.1. The molecule has 466 valence electrons. The summed E-state index contributed by atoms with van der Waals surface area (Å²) in [5, 5.41) is 13.6. The molecule has 1 saturated heterocycles. The van der Waals surface area contributed by atoms with Crippen LogP contribution in [0.25, 0.3) is 22.3 Å². The number of nitrogens with two attached hydrogens (primary N) is 1. The Balaban J connectivity index is 0.760. The summed E-state index contributed by atoms with van der Waals surface area (Å²) < 4.78 is 34.8. The number of nitrogens with zero attached hydrogens (tertiary/aromatic N) is 5. The molecular weight excluding hydrogens is 1140 g/mol. The van der Waals surface area contributed by atoms with Crippen LogP contribution in [0.15, 0.2) is 71.5 Å². The highest BCUT2D eigenvalue weighted by Gasteiger charge is 2.49. The Morgan fingerprint density at radius 3 is 2.31 bits per heavy atom. The van der Waals surface area contributed by atoms with E-state index in [0.29, 0.717) is 84.5 Å². The van der Waals surface area contributed by atoms with Gasteiger partial charge < -0.3 is 56.0 Å². The summed E-state index contributed by atoms with van der Waals surface area (Å²) in [5.41, 5.74) is 11.0. The van der Waals surface area contributed by atoms with E-state index in [0.717, 1.165) is 22.1 Å². The maximum Gasteiger partial charge on any atom is 0.411 e. The average molecular weight is 1210 g/mol. The Bertz CT molecular complexity index is 3620. The van der Waals surface area contributed by atoms with Gasteiger partial charge in [-0.3, -0.25) is 48.2 Å². The number of likely N-dealkylation sites (tertiary alicyclic amines) is 1. The predicted molar refractivity (Wildman–Crippen MR) is 319 cm³/mol. The molecule has 5 aromatic rings. The number of nitrogens with one attached hydrogen (secondary N) is 5. The third-order valence-electron chi connectivity index (χ3n) is 16.5. The number of pyridine rings is 2. The van der Waals surface area contributed by atoms with Crippen molar-refractivity contribution in [3.05, 3.63) is 127 Å². The van der Waals surface area contributed by atoms with Crippen LogP contribution in [0.5, 0.6) is 0 Å². The second-order valence-corrected chi connectivity index (χ2v) is 22.9. The van der Waals surface area contributed by atoms with Crippen molar-refractivity contribution in [1.82, 2.24) is 45.5 Å². The number of carbonyl (C=O) groups is 9. The van der Waals surface area contributed by atoms with E-state index in [9.17, 15) is 47.9 Å².